The normalized spacial score (nSPS) is 13.1. The van der Waals surface area contributed by atoms with Crippen LogP contribution in [0.4, 0.5) is 4.39 Å². The van der Waals surface area contributed by atoms with Crippen LogP contribution in [-0.4, -0.2) is 30.5 Å². The molecule has 0 amide bonds. The number of hydrogen-bond donors (Lipinski definition) is 1. The van der Waals surface area contributed by atoms with Crippen molar-refractivity contribution in [3.05, 3.63) is 0 Å². The molecule has 1 unspecified atom stereocenters. The Morgan fingerprint density at radius 2 is 2.40 bits per heavy atom. The van der Waals surface area contributed by atoms with E-state index >= 15 is 0 Å². The van der Waals surface area contributed by atoms with Crippen molar-refractivity contribution < 1.29 is 19.0 Å². The second kappa shape index (κ2) is 5.32. The van der Waals surface area contributed by atoms with Gasteiger partial charge in [-0.2, -0.15) is 4.39 Å². The highest BCUT2D eigenvalue weighted by atomic mass is 19.1. The van der Waals surface area contributed by atoms with Crippen molar-refractivity contribution in [1.82, 2.24) is 0 Å². The lowest BCUT2D eigenvalue weighted by atomic mass is 10.3. The van der Waals surface area contributed by atoms with Crippen LogP contribution < -0.4 is 0 Å². The molecule has 0 aromatic heterocycles. The summed E-state index contributed by atoms with van der Waals surface area (Å²) in [5.41, 5.74) is 0. The Kier molecular flexibility index (Phi) is 5.06. The molecule has 1 atom stereocenters. The molecule has 0 rings (SSSR count). The minimum atomic E-state index is -1.69. The van der Waals surface area contributed by atoms with E-state index in [1.165, 1.54) is 0 Å². The van der Waals surface area contributed by atoms with Crippen LogP contribution in [0.1, 0.15) is 13.3 Å². The maximum absolute atomic E-state index is 11.6. The molecule has 0 radical (unpaired) electrons. The average Bonchev–Trinajstić information content (AvgIpc) is 1.88. The Labute approximate surface area is 58.8 Å². The van der Waals surface area contributed by atoms with E-state index in [-0.39, 0.29) is 13.0 Å². The molecule has 3 nitrogen and oxygen atoms in total. The third kappa shape index (κ3) is 4.40. The van der Waals surface area contributed by atoms with E-state index in [0.717, 1.165) is 0 Å². The van der Waals surface area contributed by atoms with E-state index < -0.39 is 12.1 Å². The van der Waals surface area contributed by atoms with Crippen molar-refractivity contribution in [3.8, 4) is 0 Å². The molecule has 0 spiro atoms. The van der Waals surface area contributed by atoms with Crippen LogP contribution >= 0.6 is 0 Å². The highest BCUT2D eigenvalue weighted by Crippen LogP contribution is 1.94. The van der Waals surface area contributed by atoms with Crippen LogP contribution in [-0.2, 0) is 9.53 Å². The van der Waals surface area contributed by atoms with E-state index in [0.29, 0.717) is 6.61 Å². The number of carbonyl (C=O) groups excluding carboxylic acids is 1. The van der Waals surface area contributed by atoms with Crippen LogP contribution in [0.25, 0.3) is 0 Å². The molecule has 0 bridgehead atoms. The summed E-state index contributed by atoms with van der Waals surface area (Å²) in [4.78, 5) is 9.77. The molecule has 4 heteroatoms. The third-order valence-electron chi connectivity index (χ3n) is 1.00. The molecule has 0 aliphatic rings. The van der Waals surface area contributed by atoms with Crippen molar-refractivity contribution in [2.24, 2.45) is 0 Å². The van der Waals surface area contributed by atoms with Crippen molar-refractivity contribution in [2.45, 2.75) is 19.4 Å². The molecule has 10 heavy (non-hydrogen) atoms. The zero-order valence-electron chi connectivity index (χ0n) is 5.84. The van der Waals surface area contributed by atoms with Crippen LogP contribution in [0.2, 0.25) is 0 Å². The number of rotatable bonds is 5. The maximum atomic E-state index is 11.6. The average molecular weight is 150 g/mol. The van der Waals surface area contributed by atoms with Gasteiger partial charge in [-0.05, 0) is 6.92 Å². The van der Waals surface area contributed by atoms with Crippen LogP contribution in [0.3, 0.4) is 0 Å². The molecule has 0 fully saturated rings. The maximum Gasteiger partial charge on any atom is 0.329 e. The Morgan fingerprint density at radius 3 is 2.80 bits per heavy atom. The molecule has 0 aromatic carbocycles. The summed E-state index contributed by atoms with van der Waals surface area (Å²) in [5, 5.41) is 8.55. The van der Waals surface area contributed by atoms with Crippen molar-refractivity contribution >= 4 is 6.04 Å². The van der Waals surface area contributed by atoms with Crippen molar-refractivity contribution in [2.75, 3.05) is 13.2 Å². The Balaban J connectivity index is 3.21. The van der Waals surface area contributed by atoms with E-state index in [4.69, 9.17) is 9.84 Å². The van der Waals surface area contributed by atoms with Crippen LogP contribution in [0.15, 0.2) is 0 Å². The van der Waals surface area contributed by atoms with Gasteiger partial charge in [-0.15, -0.1) is 0 Å². The number of carbonyl (C=O) groups is 1. The molecule has 0 saturated heterocycles. The van der Waals surface area contributed by atoms with E-state index in [9.17, 15) is 9.18 Å². The van der Waals surface area contributed by atoms with Gasteiger partial charge in [-0.1, -0.05) is 0 Å². The summed E-state index contributed by atoms with van der Waals surface area (Å²) in [5.74, 6) is 0. The Hall–Kier alpha value is -0.480. The lowest BCUT2D eigenvalue weighted by molar-refractivity contribution is -0.139. The van der Waals surface area contributed by atoms with Gasteiger partial charge in [0.15, 0.2) is 0 Å². The molecular weight excluding hydrogens is 139 g/mol. The first-order valence-corrected chi connectivity index (χ1v) is 3.13. The third-order valence-corrected chi connectivity index (χ3v) is 1.00. The lowest BCUT2D eigenvalue weighted by Crippen LogP contribution is -2.17. The molecule has 0 aromatic rings. The first-order valence-electron chi connectivity index (χ1n) is 3.13. The number of ether oxygens (including phenoxy) is 1. The minimum Gasteiger partial charge on any atom is -0.382 e. The van der Waals surface area contributed by atoms with Gasteiger partial charge in [-0.25, -0.2) is 0 Å². The fourth-order valence-electron chi connectivity index (χ4n) is 0.453. The first kappa shape index (κ1) is 9.52. The highest BCUT2D eigenvalue weighted by molar-refractivity contribution is 5.72. The summed E-state index contributed by atoms with van der Waals surface area (Å²) in [7, 11) is 0. The van der Waals surface area contributed by atoms with Crippen molar-refractivity contribution in [1.29, 1.82) is 0 Å². The molecule has 0 saturated carbocycles. The van der Waals surface area contributed by atoms with Gasteiger partial charge in [0, 0.05) is 19.6 Å². The smallest absolute Gasteiger partial charge is 0.329 e. The van der Waals surface area contributed by atoms with Gasteiger partial charge in [0.2, 0.25) is 0 Å². The van der Waals surface area contributed by atoms with Gasteiger partial charge >= 0.3 is 6.04 Å². The first-order chi connectivity index (χ1) is 4.68. The highest BCUT2D eigenvalue weighted by Gasteiger charge is 2.12. The second-order valence-electron chi connectivity index (χ2n) is 1.81. The molecule has 0 heterocycles. The second-order valence-corrected chi connectivity index (χ2v) is 1.81. The zero-order valence-corrected chi connectivity index (χ0v) is 5.84. The standard InChI is InChI=1S/C6H11FO3/c1-2-10-4-3-5(8)6(7)9/h5,8H,2-4H2,1H3. The molecule has 0 aliphatic heterocycles. The Bertz CT molecular complexity index is 105. The molecule has 60 valence electrons. The number of hydrogen-bond acceptors (Lipinski definition) is 3. The molecule has 0 aliphatic carbocycles. The largest absolute Gasteiger partial charge is 0.382 e. The summed E-state index contributed by atoms with van der Waals surface area (Å²) in [6.07, 6.45) is -1.48. The van der Waals surface area contributed by atoms with Crippen LogP contribution in [0.5, 0.6) is 0 Å². The SMILES string of the molecule is CCOCCC(O)C(=O)F. The lowest BCUT2D eigenvalue weighted by Gasteiger charge is -2.02. The fraction of sp³-hybridized carbons (Fsp3) is 0.833. The van der Waals surface area contributed by atoms with Gasteiger partial charge in [-0.3, -0.25) is 4.79 Å². The van der Waals surface area contributed by atoms with E-state index in [1.807, 2.05) is 0 Å². The topological polar surface area (TPSA) is 46.5 Å². The summed E-state index contributed by atoms with van der Waals surface area (Å²) >= 11 is 0. The quantitative estimate of drug-likeness (QED) is 0.452. The summed E-state index contributed by atoms with van der Waals surface area (Å²) in [6.45, 7) is 2.50. The summed E-state index contributed by atoms with van der Waals surface area (Å²) < 4.78 is 16.4. The van der Waals surface area contributed by atoms with Gasteiger partial charge in [0.1, 0.15) is 6.10 Å². The predicted molar refractivity (Wildman–Crippen MR) is 33.2 cm³/mol. The van der Waals surface area contributed by atoms with Gasteiger partial charge in [0.25, 0.3) is 0 Å². The fourth-order valence-corrected chi connectivity index (χ4v) is 0.453. The molecule has 1 N–H and O–H groups in total. The van der Waals surface area contributed by atoms with Crippen molar-refractivity contribution in [3.63, 3.8) is 0 Å². The Morgan fingerprint density at radius 1 is 1.80 bits per heavy atom. The van der Waals surface area contributed by atoms with E-state index in [2.05, 4.69) is 0 Å². The monoisotopic (exact) mass is 150 g/mol. The molecular formula is C6H11FO3. The van der Waals surface area contributed by atoms with Gasteiger partial charge < -0.3 is 9.84 Å². The van der Waals surface area contributed by atoms with Gasteiger partial charge in [0.05, 0.1) is 0 Å². The number of aliphatic hydroxyl groups is 1. The number of halogens is 1. The zero-order chi connectivity index (χ0) is 7.98. The minimum absolute atomic E-state index is 0.0309. The predicted octanol–water partition coefficient (Wildman–Crippen LogP) is 0.270. The van der Waals surface area contributed by atoms with E-state index in [1.54, 1.807) is 6.92 Å². The number of aliphatic hydroxyl groups excluding tert-OH is 1. The summed E-state index contributed by atoms with van der Waals surface area (Å²) in [6, 6.07) is -1.69. The van der Waals surface area contributed by atoms with Crippen LogP contribution in [0, 0.1) is 0 Å².